The molecule has 0 radical (unpaired) electrons. The molecular weight excluding hydrogens is 333 g/mol. The van der Waals surface area contributed by atoms with Gasteiger partial charge < -0.3 is 0 Å². The first-order chi connectivity index (χ1) is 2.91. The van der Waals surface area contributed by atoms with Gasteiger partial charge in [-0.1, -0.05) is 0 Å². The Labute approximate surface area is 55.8 Å². The first-order valence-corrected chi connectivity index (χ1v) is 17.9. The summed E-state index contributed by atoms with van der Waals surface area (Å²) >= 11 is 2.95. The molecule has 0 aromatic carbocycles. The normalized spacial score (nSPS) is 7.67. The van der Waals surface area contributed by atoms with Gasteiger partial charge >= 0.3 is 56.1 Å². The average Bonchev–Trinajstić information content (AvgIpc) is 1.61. The van der Waals surface area contributed by atoms with Gasteiger partial charge in [0.15, 0.2) is 0 Å². The Kier molecular flexibility index (Phi) is 7.84. The Balaban J connectivity index is 2.34. The fraction of sp³-hybridized carbons (Fsp3) is 1.00. The van der Waals surface area contributed by atoms with Crippen molar-refractivity contribution in [3.8, 4) is 0 Å². The zero-order valence-electron chi connectivity index (χ0n) is 3.65. The van der Waals surface area contributed by atoms with Crippen molar-refractivity contribution in [1.82, 2.24) is 0 Å². The Morgan fingerprint density at radius 2 is 2.33 bits per heavy atom. The topological polar surface area (TPSA) is 20.2 Å². The summed E-state index contributed by atoms with van der Waals surface area (Å²) in [5, 5.41) is 8.21. The van der Waals surface area contributed by atoms with Gasteiger partial charge in [0.05, 0.1) is 0 Å². The molecular formula is C3H7BrHgO. The molecule has 1 N–H and O–H groups in total. The van der Waals surface area contributed by atoms with Crippen LogP contribution in [-0.2, 0) is 22.1 Å². The van der Waals surface area contributed by atoms with Crippen LogP contribution in [0, 0.1) is 0 Å². The van der Waals surface area contributed by atoms with Gasteiger partial charge in [-0.05, 0) is 0 Å². The second-order valence-electron chi connectivity index (χ2n) is 1.12. The number of hydrogen-bond acceptors (Lipinski definition) is 1. The Morgan fingerprint density at radius 3 is 2.50 bits per heavy atom. The summed E-state index contributed by atoms with van der Waals surface area (Å²) in [6.45, 7) is 0.381. The van der Waals surface area contributed by atoms with E-state index < -0.39 is 22.1 Å². The summed E-state index contributed by atoms with van der Waals surface area (Å²) in [5.41, 5.74) is 0. The third kappa shape index (κ3) is 5.38. The van der Waals surface area contributed by atoms with Crippen LogP contribution in [0.25, 0.3) is 0 Å². The molecule has 0 spiro atoms. The van der Waals surface area contributed by atoms with Crippen molar-refractivity contribution in [2.45, 2.75) is 10.4 Å². The summed E-state index contributed by atoms with van der Waals surface area (Å²) in [5.74, 6) is 0. The van der Waals surface area contributed by atoms with Gasteiger partial charge in [0, 0.05) is 0 Å². The van der Waals surface area contributed by atoms with Crippen LogP contribution < -0.4 is 0 Å². The van der Waals surface area contributed by atoms with Crippen LogP contribution >= 0.6 is 11.9 Å². The molecule has 0 aliphatic rings. The molecule has 0 unspecified atom stereocenters. The molecule has 0 bridgehead atoms. The van der Waals surface area contributed by atoms with E-state index in [1.807, 2.05) is 0 Å². The van der Waals surface area contributed by atoms with Crippen molar-refractivity contribution in [3.63, 3.8) is 0 Å². The second-order valence-corrected chi connectivity index (χ2v) is 12.3. The van der Waals surface area contributed by atoms with E-state index in [4.69, 9.17) is 5.11 Å². The van der Waals surface area contributed by atoms with Crippen molar-refractivity contribution in [3.05, 3.63) is 0 Å². The molecule has 0 fully saturated rings. The van der Waals surface area contributed by atoms with E-state index in [1.165, 1.54) is 3.93 Å². The maximum absolute atomic E-state index is 8.21. The first kappa shape index (κ1) is 7.38. The Morgan fingerprint density at radius 1 is 1.67 bits per heavy atom. The zero-order valence-corrected chi connectivity index (χ0v) is 10.7. The predicted octanol–water partition coefficient (Wildman–Crippen LogP) is 1.18. The van der Waals surface area contributed by atoms with Crippen molar-refractivity contribution >= 4 is 11.9 Å². The quantitative estimate of drug-likeness (QED) is 0.605. The van der Waals surface area contributed by atoms with Gasteiger partial charge in [0.2, 0.25) is 0 Å². The van der Waals surface area contributed by atoms with Crippen LogP contribution in [-0.4, -0.2) is 11.7 Å². The van der Waals surface area contributed by atoms with E-state index in [9.17, 15) is 0 Å². The molecule has 0 aliphatic carbocycles. The number of halogens is 1. The number of aliphatic hydroxyl groups excluding tert-OH is 1. The molecule has 0 heterocycles. The number of hydrogen-bond donors (Lipinski definition) is 1. The van der Waals surface area contributed by atoms with Crippen molar-refractivity contribution in [1.29, 1.82) is 0 Å². The van der Waals surface area contributed by atoms with Crippen LogP contribution in [0.15, 0.2) is 0 Å². The molecule has 6 heavy (non-hydrogen) atoms. The van der Waals surface area contributed by atoms with Crippen LogP contribution in [0.5, 0.6) is 0 Å². The summed E-state index contributed by atoms with van der Waals surface area (Å²) in [6.07, 6.45) is 1.02. The molecule has 0 aromatic rings. The Bertz CT molecular complexity index is 22.8. The van der Waals surface area contributed by atoms with E-state index in [-0.39, 0.29) is 0 Å². The van der Waals surface area contributed by atoms with Crippen molar-refractivity contribution < 1.29 is 27.3 Å². The van der Waals surface area contributed by atoms with Gasteiger partial charge in [-0.15, -0.1) is 0 Å². The molecule has 0 amide bonds. The number of rotatable bonds is 3. The minimum absolute atomic E-state index is 0.381. The van der Waals surface area contributed by atoms with E-state index in [0.717, 1.165) is 6.42 Å². The monoisotopic (exact) mass is 340 g/mol. The number of aliphatic hydroxyl groups is 1. The molecule has 0 saturated carbocycles. The SMILES string of the molecule is OCC[CH2][Hg][Br]. The summed E-state index contributed by atoms with van der Waals surface area (Å²) in [6, 6.07) is 0. The van der Waals surface area contributed by atoms with Crippen LogP contribution in [0.2, 0.25) is 3.93 Å². The molecule has 1 nitrogen and oxygen atoms in total. The molecule has 0 aliphatic heterocycles. The standard InChI is InChI=1S/C3H7O.BrH.Hg/c1-2-3-4;;/h4H,1-3H2;1H;/q;;+1/p-1. The van der Waals surface area contributed by atoms with E-state index in [1.54, 1.807) is 0 Å². The predicted molar refractivity (Wildman–Crippen MR) is 25.4 cm³/mol. The van der Waals surface area contributed by atoms with Crippen molar-refractivity contribution in [2.75, 3.05) is 6.61 Å². The summed E-state index contributed by atoms with van der Waals surface area (Å²) in [7, 11) is 0. The van der Waals surface area contributed by atoms with Crippen LogP contribution in [0.3, 0.4) is 0 Å². The molecule has 0 aromatic heterocycles. The molecule has 3 heteroatoms. The third-order valence-corrected chi connectivity index (χ3v) is 8.44. The summed E-state index contributed by atoms with van der Waals surface area (Å²) < 4.78 is 1.30. The van der Waals surface area contributed by atoms with E-state index in [0.29, 0.717) is 6.61 Å². The van der Waals surface area contributed by atoms with Gasteiger partial charge in [0.1, 0.15) is 0 Å². The maximum atomic E-state index is 8.21. The van der Waals surface area contributed by atoms with E-state index in [2.05, 4.69) is 11.9 Å². The Hall–Kier alpha value is 1.38. The second kappa shape index (κ2) is 6.38. The van der Waals surface area contributed by atoms with Crippen LogP contribution in [0.4, 0.5) is 0 Å². The molecule has 34 valence electrons. The van der Waals surface area contributed by atoms with Crippen LogP contribution in [0.1, 0.15) is 6.42 Å². The van der Waals surface area contributed by atoms with Crippen molar-refractivity contribution in [2.24, 2.45) is 0 Å². The van der Waals surface area contributed by atoms with Gasteiger partial charge in [0.25, 0.3) is 0 Å². The minimum atomic E-state index is -0.516. The van der Waals surface area contributed by atoms with Gasteiger partial charge in [-0.25, -0.2) is 0 Å². The molecule has 0 atom stereocenters. The molecule has 0 saturated heterocycles. The fourth-order valence-electron chi connectivity index (χ4n) is 0.206. The van der Waals surface area contributed by atoms with Gasteiger partial charge in [-0.2, -0.15) is 0 Å². The molecule has 0 rings (SSSR count). The third-order valence-electron chi connectivity index (χ3n) is 0.542. The zero-order chi connectivity index (χ0) is 4.83. The first-order valence-electron chi connectivity index (χ1n) is 2.08. The summed E-state index contributed by atoms with van der Waals surface area (Å²) in [4.78, 5) is 0. The van der Waals surface area contributed by atoms with Gasteiger partial charge in [-0.3, -0.25) is 0 Å². The van der Waals surface area contributed by atoms with E-state index >= 15 is 0 Å². The average molecular weight is 340 g/mol. The fourth-order valence-corrected chi connectivity index (χ4v) is 5.29.